The molecule has 0 unspecified atom stereocenters. The van der Waals surface area contributed by atoms with E-state index in [1.54, 1.807) is 0 Å². The van der Waals surface area contributed by atoms with E-state index in [0.717, 1.165) is 16.7 Å². The third-order valence-corrected chi connectivity index (χ3v) is 2.47. The summed E-state index contributed by atoms with van der Waals surface area (Å²) in [7, 11) is 0. The Morgan fingerprint density at radius 2 is 2.07 bits per heavy atom. The standard InChI is InChI=1S/C12H12O2/c1-8-4-3-5-10(6-8)11-7-14-12(13)9(11)2/h3-6H,7H2,1-2H3. The lowest BCUT2D eigenvalue weighted by atomic mass is 10.0. The van der Waals surface area contributed by atoms with E-state index in [2.05, 4.69) is 6.07 Å². The molecule has 0 saturated heterocycles. The fraction of sp³-hybridized carbons (Fsp3) is 0.250. The van der Waals surface area contributed by atoms with Crippen LogP contribution in [0.3, 0.4) is 0 Å². The second kappa shape index (κ2) is 3.29. The zero-order valence-electron chi connectivity index (χ0n) is 8.33. The van der Waals surface area contributed by atoms with Gasteiger partial charge in [0.15, 0.2) is 0 Å². The maximum Gasteiger partial charge on any atom is 0.334 e. The van der Waals surface area contributed by atoms with Gasteiger partial charge in [-0.3, -0.25) is 0 Å². The Labute approximate surface area is 83.2 Å². The molecule has 1 aliphatic heterocycles. The van der Waals surface area contributed by atoms with Crippen molar-refractivity contribution in [3.8, 4) is 0 Å². The van der Waals surface area contributed by atoms with Crippen molar-refractivity contribution >= 4 is 11.5 Å². The van der Waals surface area contributed by atoms with Gasteiger partial charge in [0.25, 0.3) is 0 Å². The second-order valence-electron chi connectivity index (χ2n) is 3.55. The van der Waals surface area contributed by atoms with Gasteiger partial charge in [0.2, 0.25) is 0 Å². The highest BCUT2D eigenvalue weighted by Gasteiger charge is 2.21. The third kappa shape index (κ3) is 1.43. The lowest BCUT2D eigenvalue weighted by molar-refractivity contribution is -0.135. The Morgan fingerprint density at radius 1 is 1.29 bits per heavy atom. The molecule has 0 aliphatic carbocycles. The summed E-state index contributed by atoms with van der Waals surface area (Å²) in [4.78, 5) is 11.2. The highest BCUT2D eigenvalue weighted by atomic mass is 16.5. The van der Waals surface area contributed by atoms with Crippen molar-refractivity contribution in [2.24, 2.45) is 0 Å². The fourth-order valence-corrected chi connectivity index (χ4v) is 1.61. The first-order chi connectivity index (χ1) is 6.68. The minimum atomic E-state index is -0.193. The molecule has 0 saturated carbocycles. The van der Waals surface area contributed by atoms with Crippen molar-refractivity contribution in [1.82, 2.24) is 0 Å². The molecule has 1 heterocycles. The molecule has 0 aromatic heterocycles. The Bertz CT molecular complexity index is 416. The lowest BCUT2D eigenvalue weighted by Gasteiger charge is -2.02. The Hall–Kier alpha value is -1.57. The summed E-state index contributed by atoms with van der Waals surface area (Å²) < 4.78 is 4.96. The van der Waals surface area contributed by atoms with Crippen molar-refractivity contribution in [3.05, 3.63) is 41.0 Å². The van der Waals surface area contributed by atoms with E-state index in [-0.39, 0.29) is 5.97 Å². The molecule has 0 bridgehead atoms. The quantitative estimate of drug-likeness (QED) is 0.632. The van der Waals surface area contributed by atoms with E-state index >= 15 is 0 Å². The monoisotopic (exact) mass is 188 g/mol. The summed E-state index contributed by atoms with van der Waals surface area (Å²) in [5.74, 6) is -0.193. The van der Waals surface area contributed by atoms with Gasteiger partial charge in [0.05, 0.1) is 0 Å². The van der Waals surface area contributed by atoms with Gasteiger partial charge < -0.3 is 4.74 Å². The molecule has 2 heteroatoms. The van der Waals surface area contributed by atoms with Crippen molar-refractivity contribution in [2.45, 2.75) is 13.8 Å². The Balaban J connectivity index is 2.46. The molecule has 72 valence electrons. The number of carbonyl (C=O) groups excluding carboxylic acids is 1. The van der Waals surface area contributed by atoms with Crippen molar-refractivity contribution in [3.63, 3.8) is 0 Å². The van der Waals surface area contributed by atoms with Crippen LogP contribution in [0.4, 0.5) is 0 Å². The second-order valence-corrected chi connectivity index (χ2v) is 3.55. The predicted molar refractivity (Wildman–Crippen MR) is 54.7 cm³/mol. The normalized spacial score (nSPS) is 16.0. The van der Waals surface area contributed by atoms with Gasteiger partial charge >= 0.3 is 5.97 Å². The molecular weight excluding hydrogens is 176 g/mol. The molecule has 0 N–H and O–H groups in total. The first kappa shape index (κ1) is 9.00. The Morgan fingerprint density at radius 3 is 2.64 bits per heavy atom. The minimum Gasteiger partial charge on any atom is -0.457 e. The van der Waals surface area contributed by atoms with Gasteiger partial charge in [-0.25, -0.2) is 4.79 Å². The summed E-state index contributed by atoms with van der Waals surface area (Å²) in [5.41, 5.74) is 4.03. The summed E-state index contributed by atoms with van der Waals surface area (Å²) in [6.45, 7) is 4.26. The number of benzene rings is 1. The van der Waals surface area contributed by atoms with Crippen LogP contribution in [0, 0.1) is 6.92 Å². The van der Waals surface area contributed by atoms with E-state index in [9.17, 15) is 4.79 Å². The van der Waals surface area contributed by atoms with E-state index in [1.807, 2.05) is 32.0 Å². The molecule has 14 heavy (non-hydrogen) atoms. The number of esters is 1. The molecule has 0 spiro atoms. The lowest BCUT2D eigenvalue weighted by Crippen LogP contribution is -1.94. The minimum absolute atomic E-state index is 0.193. The van der Waals surface area contributed by atoms with Gasteiger partial charge in [-0.15, -0.1) is 0 Å². The molecule has 1 aromatic rings. The fourth-order valence-electron chi connectivity index (χ4n) is 1.61. The van der Waals surface area contributed by atoms with Crippen LogP contribution in [0.2, 0.25) is 0 Å². The molecule has 1 aromatic carbocycles. The number of hydrogen-bond acceptors (Lipinski definition) is 2. The SMILES string of the molecule is CC1=C(c2cccc(C)c2)COC1=O. The highest BCUT2D eigenvalue weighted by molar-refractivity contribution is 6.01. The van der Waals surface area contributed by atoms with Gasteiger partial charge in [0, 0.05) is 11.1 Å². The van der Waals surface area contributed by atoms with Crippen LogP contribution in [-0.4, -0.2) is 12.6 Å². The summed E-state index contributed by atoms with van der Waals surface area (Å²) in [5, 5.41) is 0. The zero-order valence-corrected chi connectivity index (χ0v) is 8.33. The van der Waals surface area contributed by atoms with Gasteiger partial charge in [-0.2, -0.15) is 0 Å². The van der Waals surface area contributed by atoms with Crippen LogP contribution in [0.1, 0.15) is 18.1 Å². The van der Waals surface area contributed by atoms with Crippen LogP contribution in [0.25, 0.3) is 5.57 Å². The highest BCUT2D eigenvalue weighted by Crippen LogP contribution is 2.25. The molecule has 2 nitrogen and oxygen atoms in total. The van der Waals surface area contributed by atoms with Crippen LogP contribution >= 0.6 is 0 Å². The largest absolute Gasteiger partial charge is 0.457 e. The van der Waals surface area contributed by atoms with Gasteiger partial charge in [-0.05, 0) is 19.4 Å². The molecular formula is C12H12O2. The maximum absolute atomic E-state index is 11.2. The summed E-state index contributed by atoms with van der Waals surface area (Å²) in [6.07, 6.45) is 0. The Kier molecular flexibility index (Phi) is 2.12. The van der Waals surface area contributed by atoms with Crippen LogP contribution < -0.4 is 0 Å². The van der Waals surface area contributed by atoms with Crippen LogP contribution in [0.5, 0.6) is 0 Å². The first-order valence-corrected chi connectivity index (χ1v) is 4.62. The predicted octanol–water partition coefficient (Wildman–Crippen LogP) is 2.33. The average molecular weight is 188 g/mol. The van der Waals surface area contributed by atoms with E-state index in [4.69, 9.17) is 4.74 Å². The number of hydrogen-bond donors (Lipinski definition) is 0. The number of ether oxygens (including phenoxy) is 1. The molecule has 1 aliphatic rings. The summed E-state index contributed by atoms with van der Waals surface area (Å²) in [6, 6.07) is 8.11. The number of cyclic esters (lactones) is 1. The zero-order chi connectivity index (χ0) is 10.1. The molecule has 0 fully saturated rings. The number of rotatable bonds is 1. The van der Waals surface area contributed by atoms with Crippen LogP contribution in [-0.2, 0) is 9.53 Å². The topological polar surface area (TPSA) is 26.3 Å². The van der Waals surface area contributed by atoms with Crippen LogP contribution in [0.15, 0.2) is 29.8 Å². The third-order valence-electron chi connectivity index (χ3n) is 2.47. The number of aryl methyl sites for hydroxylation is 1. The van der Waals surface area contributed by atoms with Crippen molar-refractivity contribution in [1.29, 1.82) is 0 Å². The molecule has 2 rings (SSSR count). The van der Waals surface area contributed by atoms with Gasteiger partial charge in [-0.1, -0.05) is 29.8 Å². The van der Waals surface area contributed by atoms with E-state index in [0.29, 0.717) is 6.61 Å². The van der Waals surface area contributed by atoms with Crippen molar-refractivity contribution in [2.75, 3.05) is 6.61 Å². The number of carbonyl (C=O) groups is 1. The first-order valence-electron chi connectivity index (χ1n) is 4.62. The smallest absolute Gasteiger partial charge is 0.334 e. The molecule has 0 atom stereocenters. The van der Waals surface area contributed by atoms with E-state index in [1.165, 1.54) is 5.56 Å². The van der Waals surface area contributed by atoms with Gasteiger partial charge in [0.1, 0.15) is 6.61 Å². The maximum atomic E-state index is 11.2. The average Bonchev–Trinajstić information content (AvgIpc) is 2.48. The van der Waals surface area contributed by atoms with Crippen molar-refractivity contribution < 1.29 is 9.53 Å². The summed E-state index contributed by atoms with van der Waals surface area (Å²) >= 11 is 0. The molecule has 0 radical (unpaired) electrons. The molecule has 0 amide bonds. The van der Waals surface area contributed by atoms with E-state index < -0.39 is 0 Å².